The van der Waals surface area contributed by atoms with Crippen LogP contribution < -0.4 is 10.6 Å². The molecule has 3 rings (SSSR count). The predicted molar refractivity (Wildman–Crippen MR) is 92.0 cm³/mol. The van der Waals surface area contributed by atoms with Crippen LogP contribution in [0.3, 0.4) is 0 Å². The van der Waals surface area contributed by atoms with Crippen molar-refractivity contribution in [2.75, 3.05) is 5.32 Å². The molecule has 2 aromatic carbocycles. The highest BCUT2D eigenvalue weighted by Gasteiger charge is 2.26. The van der Waals surface area contributed by atoms with Crippen molar-refractivity contribution < 1.29 is 18.5 Å². The second-order valence-corrected chi connectivity index (χ2v) is 6.27. The van der Waals surface area contributed by atoms with Crippen LogP contribution in [0.2, 0.25) is 0 Å². The van der Waals surface area contributed by atoms with Crippen molar-refractivity contribution >= 4 is 17.3 Å². The van der Waals surface area contributed by atoms with E-state index < -0.39 is 28.5 Å². The Labute approximate surface area is 148 Å². The van der Waals surface area contributed by atoms with Crippen molar-refractivity contribution in [1.29, 1.82) is 0 Å². The molecule has 1 fully saturated rings. The summed E-state index contributed by atoms with van der Waals surface area (Å²) >= 11 is 0. The standard InChI is InChI=1S/C18H17F2N3O3/c1-10(14-6-3-12(19)9-15(14)20)21-18(24)11-2-7-16(22-13-4-5-13)17(8-11)23(25)26/h2-3,6-10,13,22H,4-5H2,1H3,(H,21,24)/t10-/m0/s1. The molecule has 1 saturated carbocycles. The molecule has 136 valence electrons. The number of nitrogens with one attached hydrogen (secondary N) is 2. The Morgan fingerprint density at radius 2 is 1.96 bits per heavy atom. The quantitative estimate of drug-likeness (QED) is 0.603. The zero-order valence-electron chi connectivity index (χ0n) is 14.0. The fraction of sp³-hybridized carbons (Fsp3) is 0.278. The summed E-state index contributed by atoms with van der Waals surface area (Å²) in [4.78, 5) is 23.1. The van der Waals surface area contributed by atoms with Gasteiger partial charge < -0.3 is 10.6 Å². The summed E-state index contributed by atoms with van der Waals surface area (Å²) in [5.74, 6) is -2.06. The third kappa shape index (κ3) is 3.96. The number of anilines is 1. The Hall–Kier alpha value is -3.03. The number of rotatable bonds is 6. The lowest BCUT2D eigenvalue weighted by molar-refractivity contribution is -0.384. The molecular formula is C18H17F2N3O3. The van der Waals surface area contributed by atoms with Gasteiger partial charge in [-0.2, -0.15) is 0 Å². The molecule has 0 bridgehead atoms. The highest BCUT2D eigenvalue weighted by atomic mass is 19.1. The van der Waals surface area contributed by atoms with Gasteiger partial charge in [-0.15, -0.1) is 0 Å². The van der Waals surface area contributed by atoms with Crippen LogP contribution in [0.5, 0.6) is 0 Å². The largest absolute Gasteiger partial charge is 0.377 e. The van der Waals surface area contributed by atoms with E-state index in [-0.39, 0.29) is 22.9 Å². The molecular weight excluding hydrogens is 344 g/mol. The van der Waals surface area contributed by atoms with Crippen LogP contribution in [0.15, 0.2) is 36.4 Å². The van der Waals surface area contributed by atoms with Gasteiger partial charge in [-0.05, 0) is 38.0 Å². The lowest BCUT2D eigenvalue weighted by Crippen LogP contribution is -2.27. The first-order valence-corrected chi connectivity index (χ1v) is 8.16. The van der Waals surface area contributed by atoms with Gasteiger partial charge in [0.05, 0.1) is 11.0 Å². The van der Waals surface area contributed by atoms with Crippen molar-refractivity contribution in [3.05, 3.63) is 69.3 Å². The number of amides is 1. The predicted octanol–water partition coefficient (Wildman–Crippen LogP) is 3.94. The van der Waals surface area contributed by atoms with Crippen molar-refractivity contribution in [2.24, 2.45) is 0 Å². The summed E-state index contributed by atoms with van der Waals surface area (Å²) in [7, 11) is 0. The molecule has 0 heterocycles. The number of nitrogens with zero attached hydrogens (tertiary/aromatic N) is 1. The van der Waals surface area contributed by atoms with Crippen LogP contribution in [0.1, 0.15) is 41.7 Å². The lowest BCUT2D eigenvalue weighted by atomic mass is 10.1. The SMILES string of the molecule is C[C@H](NC(=O)c1ccc(NC2CC2)c([N+](=O)[O-])c1)c1ccc(F)cc1F. The Bertz CT molecular complexity index is 869. The molecule has 8 heteroatoms. The molecule has 2 aromatic rings. The third-order valence-electron chi connectivity index (χ3n) is 4.17. The van der Waals surface area contributed by atoms with E-state index in [9.17, 15) is 23.7 Å². The van der Waals surface area contributed by atoms with E-state index in [0.717, 1.165) is 25.0 Å². The number of nitro benzene ring substituents is 1. The van der Waals surface area contributed by atoms with E-state index in [1.807, 2.05) is 0 Å². The molecule has 1 atom stereocenters. The maximum atomic E-state index is 13.8. The Morgan fingerprint density at radius 1 is 1.23 bits per heavy atom. The van der Waals surface area contributed by atoms with Gasteiger partial charge in [0, 0.05) is 29.3 Å². The van der Waals surface area contributed by atoms with Gasteiger partial charge in [0.2, 0.25) is 0 Å². The van der Waals surface area contributed by atoms with Crippen molar-refractivity contribution in [1.82, 2.24) is 5.32 Å². The van der Waals surface area contributed by atoms with E-state index in [2.05, 4.69) is 10.6 Å². The molecule has 1 aliphatic carbocycles. The first kappa shape index (κ1) is 17.8. The number of carbonyl (C=O) groups excluding carboxylic acids is 1. The molecule has 0 unspecified atom stereocenters. The molecule has 0 spiro atoms. The molecule has 0 aliphatic heterocycles. The molecule has 26 heavy (non-hydrogen) atoms. The number of carbonyl (C=O) groups is 1. The van der Waals surface area contributed by atoms with Crippen LogP contribution in [0.25, 0.3) is 0 Å². The summed E-state index contributed by atoms with van der Waals surface area (Å²) in [5.41, 5.74) is 0.394. The number of nitro groups is 1. The fourth-order valence-corrected chi connectivity index (χ4v) is 2.60. The van der Waals surface area contributed by atoms with Gasteiger partial charge >= 0.3 is 0 Å². The third-order valence-corrected chi connectivity index (χ3v) is 4.17. The average Bonchev–Trinajstić information content (AvgIpc) is 3.38. The van der Waals surface area contributed by atoms with Gasteiger partial charge in [-0.3, -0.25) is 14.9 Å². The highest BCUT2D eigenvalue weighted by molar-refractivity contribution is 5.96. The molecule has 0 radical (unpaired) electrons. The number of benzene rings is 2. The zero-order valence-corrected chi connectivity index (χ0v) is 14.0. The zero-order chi connectivity index (χ0) is 18.8. The maximum Gasteiger partial charge on any atom is 0.293 e. The molecule has 0 saturated heterocycles. The smallest absolute Gasteiger partial charge is 0.293 e. The summed E-state index contributed by atoms with van der Waals surface area (Å²) in [6.07, 6.45) is 1.92. The van der Waals surface area contributed by atoms with Gasteiger partial charge in [-0.25, -0.2) is 8.78 Å². The van der Waals surface area contributed by atoms with Crippen LogP contribution >= 0.6 is 0 Å². The molecule has 0 aromatic heterocycles. The molecule has 1 aliphatic rings. The second kappa shape index (κ2) is 7.07. The van der Waals surface area contributed by atoms with Crippen LogP contribution in [-0.2, 0) is 0 Å². The lowest BCUT2D eigenvalue weighted by Gasteiger charge is -2.15. The minimum Gasteiger partial charge on any atom is -0.377 e. The maximum absolute atomic E-state index is 13.8. The summed E-state index contributed by atoms with van der Waals surface area (Å²) in [5, 5.41) is 16.9. The first-order valence-electron chi connectivity index (χ1n) is 8.16. The number of hydrogen-bond donors (Lipinski definition) is 2. The summed E-state index contributed by atoms with van der Waals surface area (Å²) in [6, 6.07) is 6.75. The summed E-state index contributed by atoms with van der Waals surface area (Å²) < 4.78 is 26.8. The molecule has 2 N–H and O–H groups in total. The normalized spacial score (nSPS) is 14.6. The number of hydrogen-bond acceptors (Lipinski definition) is 4. The first-order chi connectivity index (χ1) is 12.3. The van der Waals surface area contributed by atoms with Gasteiger partial charge in [0.25, 0.3) is 11.6 Å². The van der Waals surface area contributed by atoms with E-state index in [1.165, 1.54) is 24.3 Å². The average molecular weight is 361 g/mol. The van der Waals surface area contributed by atoms with E-state index in [1.54, 1.807) is 6.92 Å². The van der Waals surface area contributed by atoms with E-state index in [4.69, 9.17) is 0 Å². The van der Waals surface area contributed by atoms with Gasteiger partial charge in [-0.1, -0.05) is 6.07 Å². The monoisotopic (exact) mass is 361 g/mol. The van der Waals surface area contributed by atoms with E-state index in [0.29, 0.717) is 5.69 Å². The van der Waals surface area contributed by atoms with Crippen LogP contribution in [0, 0.1) is 21.7 Å². The van der Waals surface area contributed by atoms with Gasteiger partial charge in [0.1, 0.15) is 17.3 Å². The van der Waals surface area contributed by atoms with Gasteiger partial charge in [0.15, 0.2) is 0 Å². The Kier molecular flexibility index (Phi) is 4.83. The van der Waals surface area contributed by atoms with Crippen molar-refractivity contribution in [3.63, 3.8) is 0 Å². The van der Waals surface area contributed by atoms with Crippen LogP contribution in [-0.4, -0.2) is 16.9 Å². The highest BCUT2D eigenvalue weighted by Crippen LogP contribution is 2.31. The summed E-state index contributed by atoms with van der Waals surface area (Å²) in [6.45, 7) is 1.55. The van der Waals surface area contributed by atoms with Crippen LogP contribution in [0.4, 0.5) is 20.2 Å². The molecule has 1 amide bonds. The Balaban J connectivity index is 1.78. The van der Waals surface area contributed by atoms with Crippen molar-refractivity contribution in [2.45, 2.75) is 31.8 Å². The topological polar surface area (TPSA) is 84.3 Å². The number of halogens is 2. The Morgan fingerprint density at radius 3 is 2.58 bits per heavy atom. The van der Waals surface area contributed by atoms with Crippen molar-refractivity contribution in [3.8, 4) is 0 Å². The van der Waals surface area contributed by atoms with E-state index >= 15 is 0 Å². The minimum atomic E-state index is -0.771. The minimum absolute atomic E-state index is 0.0902. The molecule has 6 nitrogen and oxygen atoms in total. The second-order valence-electron chi connectivity index (χ2n) is 6.27. The fourth-order valence-electron chi connectivity index (χ4n) is 2.60.